The summed E-state index contributed by atoms with van der Waals surface area (Å²) in [6, 6.07) is 10.6. The van der Waals surface area contributed by atoms with E-state index in [0.29, 0.717) is 5.92 Å². The first kappa shape index (κ1) is 12.0. The summed E-state index contributed by atoms with van der Waals surface area (Å²) < 4.78 is 0. The molecule has 0 saturated heterocycles. The molecule has 1 rings (SSSR count). The van der Waals surface area contributed by atoms with E-state index in [1.165, 1.54) is 5.56 Å². The minimum absolute atomic E-state index is 0.526. The molecular formula is C14H20N. The molecule has 0 spiro atoms. The largest absolute Gasteiger partial charge is 0.297 e. The highest BCUT2D eigenvalue weighted by Crippen LogP contribution is 2.06. The Labute approximate surface area is 93.2 Å². The van der Waals surface area contributed by atoms with Gasteiger partial charge in [-0.25, -0.2) is 0 Å². The SMILES string of the molecule is CC[CH]CN=CC(C)Cc1ccccc1. The van der Waals surface area contributed by atoms with E-state index in [2.05, 4.69) is 61.8 Å². The van der Waals surface area contributed by atoms with Crippen LogP contribution in [-0.4, -0.2) is 12.8 Å². The van der Waals surface area contributed by atoms with Gasteiger partial charge in [-0.1, -0.05) is 50.6 Å². The standard InChI is InChI=1S/C14H20N/c1-3-4-10-15-12-13(2)11-14-8-6-5-7-9-14/h4-9,12-13H,3,10-11H2,1-2H3. The van der Waals surface area contributed by atoms with Gasteiger partial charge in [0.25, 0.3) is 0 Å². The van der Waals surface area contributed by atoms with E-state index < -0.39 is 0 Å². The van der Waals surface area contributed by atoms with Gasteiger partial charge in [0.1, 0.15) is 0 Å². The Bertz CT molecular complexity index is 277. The molecule has 0 aliphatic rings. The molecule has 1 aromatic rings. The Hall–Kier alpha value is -1.11. The van der Waals surface area contributed by atoms with Gasteiger partial charge in [-0.3, -0.25) is 4.99 Å². The molecular weight excluding hydrogens is 182 g/mol. The molecule has 0 aliphatic heterocycles. The van der Waals surface area contributed by atoms with Crippen LogP contribution in [0, 0.1) is 12.3 Å². The van der Waals surface area contributed by atoms with Crippen LogP contribution in [0.5, 0.6) is 0 Å². The average Bonchev–Trinajstić information content (AvgIpc) is 2.26. The lowest BCUT2D eigenvalue weighted by molar-refractivity contribution is 0.778. The first-order chi connectivity index (χ1) is 7.33. The molecule has 0 fully saturated rings. The summed E-state index contributed by atoms with van der Waals surface area (Å²) in [5.41, 5.74) is 1.39. The summed E-state index contributed by atoms with van der Waals surface area (Å²) >= 11 is 0. The van der Waals surface area contributed by atoms with Crippen LogP contribution < -0.4 is 0 Å². The second-order valence-electron chi connectivity index (χ2n) is 3.88. The molecule has 1 nitrogen and oxygen atoms in total. The predicted molar refractivity (Wildman–Crippen MR) is 67.3 cm³/mol. The number of hydrogen-bond acceptors (Lipinski definition) is 1. The Morgan fingerprint density at radius 2 is 2.00 bits per heavy atom. The lowest BCUT2D eigenvalue weighted by atomic mass is 10.0. The van der Waals surface area contributed by atoms with Crippen LogP contribution >= 0.6 is 0 Å². The van der Waals surface area contributed by atoms with E-state index in [1.807, 2.05) is 0 Å². The molecule has 81 valence electrons. The quantitative estimate of drug-likeness (QED) is 0.494. The van der Waals surface area contributed by atoms with Crippen LogP contribution in [0.1, 0.15) is 25.8 Å². The molecule has 0 saturated carbocycles. The molecule has 0 heterocycles. The Kier molecular flexibility index (Phi) is 5.76. The van der Waals surface area contributed by atoms with E-state index >= 15 is 0 Å². The summed E-state index contributed by atoms with van der Waals surface area (Å²) in [4.78, 5) is 4.38. The van der Waals surface area contributed by atoms with Crippen LogP contribution in [0.15, 0.2) is 35.3 Å². The number of aliphatic imine (C=N–C) groups is 1. The maximum absolute atomic E-state index is 4.38. The van der Waals surface area contributed by atoms with Crippen molar-refractivity contribution < 1.29 is 0 Å². The van der Waals surface area contributed by atoms with Crippen molar-refractivity contribution in [1.82, 2.24) is 0 Å². The zero-order valence-corrected chi connectivity index (χ0v) is 9.69. The minimum Gasteiger partial charge on any atom is -0.297 e. The Balaban J connectivity index is 2.30. The van der Waals surface area contributed by atoms with Gasteiger partial charge in [0, 0.05) is 12.8 Å². The second-order valence-corrected chi connectivity index (χ2v) is 3.88. The molecule has 1 heteroatoms. The van der Waals surface area contributed by atoms with Crippen LogP contribution in [-0.2, 0) is 6.42 Å². The highest BCUT2D eigenvalue weighted by Gasteiger charge is 1.98. The fourth-order valence-electron chi connectivity index (χ4n) is 1.48. The van der Waals surface area contributed by atoms with Gasteiger partial charge < -0.3 is 0 Å². The summed E-state index contributed by atoms with van der Waals surface area (Å²) in [7, 11) is 0. The first-order valence-corrected chi connectivity index (χ1v) is 5.68. The molecule has 1 radical (unpaired) electrons. The van der Waals surface area contributed by atoms with Gasteiger partial charge in [0.2, 0.25) is 0 Å². The van der Waals surface area contributed by atoms with Crippen molar-refractivity contribution in [2.75, 3.05) is 6.54 Å². The van der Waals surface area contributed by atoms with Crippen molar-refractivity contribution >= 4 is 6.21 Å². The topological polar surface area (TPSA) is 12.4 Å². The maximum Gasteiger partial charge on any atom is 0.0416 e. The predicted octanol–water partition coefficient (Wildman–Crippen LogP) is 3.55. The van der Waals surface area contributed by atoms with E-state index in [9.17, 15) is 0 Å². The summed E-state index contributed by atoms with van der Waals surface area (Å²) in [5.74, 6) is 0.526. The van der Waals surface area contributed by atoms with Crippen molar-refractivity contribution in [3.8, 4) is 0 Å². The van der Waals surface area contributed by atoms with Gasteiger partial charge in [-0.2, -0.15) is 0 Å². The lowest BCUT2D eigenvalue weighted by Gasteiger charge is -2.05. The molecule has 0 aromatic heterocycles. The van der Waals surface area contributed by atoms with Gasteiger partial charge in [-0.15, -0.1) is 0 Å². The maximum atomic E-state index is 4.38. The van der Waals surface area contributed by atoms with Crippen molar-refractivity contribution in [1.29, 1.82) is 0 Å². The molecule has 1 atom stereocenters. The van der Waals surface area contributed by atoms with Gasteiger partial charge in [-0.05, 0) is 24.3 Å². The Morgan fingerprint density at radius 1 is 1.27 bits per heavy atom. The molecule has 0 N–H and O–H groups in total. The smallest absolute Gasteiger partial charge is 0.0416 e. The monoisotopic (exact) mass is 202 g/mol. The molecule has 1 aromatic carbocycles. The normalized spacial score (nSPS) is 13.2. The van der Waals surface area contributed by atoms with Crippen LogP contribution in [0.2, 0.25) is 0 Å². The third kappa shape index (κ3) is 5.36. The summed E-state index contributed by atoms with van der Waals surface area (Å²) in [6.45, 7) is 5.21. The number of unbranched alkanes of at least 4 members (excludes halogenated alkanes) is 1. The van der Waals surface area contributed by atoms with Crippen molar-refractivity contribution in [3.63, 3.8) is 0 Å². The molecule has 0 bridgehead atoms. The third-order valence-corrected chi connectivity index (χ3v) is 2.28. The molecule has 0 aliphatic carbocycles. The number of hydrogen-bond donors (Lipinski definition) is 0. The van der Waals surface area contributed by atoms with Crippen LogP contribution in [0.25, 0.3) is 0 Å². The second kappa shape index (κ2) is 7.22. The number of nitrogens with zero attached hydrogens (tertiary/aromatic N) is 1. The van der Waals surface area contributed by atoms with E-state index in [0.717, 1.165) is 19.4 Å². The van der Waals surface area contributed by atoms with Gasteiger partial charge >= 0.3 is 0 Å². The fraction of sp³-hybridized carbons (Fsp3) is 0.429. The number of rotatable bonds is 6. The van der Waals surface area contributed by atoms with E-state index in [4.69, 9.17) is 0 Å². The fourth-order valence-corrected chi connectivity index (χ4v) is 1.48. The zero-order chi connectivity index (χ0) is 10.9. The summed E-state index contributed by atoms with van der Waals surface area (Å²) in [6.07, 6.45) is 6.44. The van der Waals surface area contributed by atoms with Crippen LogP contribution in [0.4, 0.5) is 0 Å². The van der Waals surface area contributed by atoms with Gasteiger partial charge in [0.05, 0.1) is 0 Å². The van der Waals surface area contributed by atoms with E-state index in [1.54, 1.807) is 0 Å². The third-order valence-electron chi connectivity index (χ3n) is 2.28. The van der Waals surface area contributed by atoms with Crippen LogP contribution in [0.3, 0.4) is 0 Å². The molecule has 15 heavy (non-hydrogen) atoms. The molecule has 1 unspecified atom stereocenters. The van der Waals surface area contributed by atoms with Crippen molar-refractivity contribution in [2.24, 2.45) is 10.9 Å². The Morgan fingerprint density at radius 3 is 2.67 bits per heavy atom. The average molecular weight is 202 g/mol. The van der Waals surface area contributed by atoms with Crippen molar-refractivity contribution in [3.05, 3.63) is 42.3 Å². The minimum atomic E-state index is 0.526. The van der Waals surface area contributed by atoms with Crippen molar-refractivity contribution in [2.45, 2.75) is 26.7 Å². The molecule has 0 amide bonds. The highest BCUT2D eigenvalue weighted by atomic mass is 14.7. The highest BCUT2D eigenvalue weighted by molar-refractivity contribution is 5.60. The van der Waals surface area contributed by atoms with E-state index in [-0.39, 0.29) is 0 Å². The number of benzene rings is 1. The first-order valence-electron chi connectivity index (χ1n) is 5.68. The lowest BCUT2D eigenvalue weighted by Crippen LogP contribution is -2.01. The zero-order valence-electron chi connectivity index (χ0n) is 9.69. The summed E-state index contributed by atoms with van der Waals surface area (Å²) in [5, 5.41) is 0. The van der Waals surface area contributed by atoms with Gasteiger partial charge in [0.15, 0.2) is 0 Å².